The van der Waals surface area contributed by atoms with Crippen molar-refractivity contribution in [2.75, 3.05) is 0 Å². The molecule has 0 amide bonds. The number of hydrogen-bond donors (Lipinski definition) is 1. The molecule has 1 N–H and O–H groups in total. The predicted molar refractivity (Wildman–Crippen MR) is 105 cm³/mol. The molecule has 2 aliphatic carbocycles. The van der Waals surface area contributed by atoms with E-state index < -0.39 is 11.8 Å². The number of ether oxygens (including phenoxy) is 2. The maximum absolute atomic E-state index is 12.5. The number of benzene rings is 1. The van der Waals surface area contributed by atoms with Gasteiger partial charge in [-0.15, -0.1) is 0 Å². The van der Waals surface area contributed by atoms with Crippen molar-refractivity contribution >= 4 is 18.0 Å². The van der Waals surface area contributed by atoms with Gasteiger partial charge in [-0.25, -0.2) is 4.79 Å². The standard InChI is InChI=1S/C23H24O6/c1-12-7-15(11-24)20(19(26)8-12)28-23-9-16-5-6-18(25)14(3)22(16,4)10-17(23)13(2)21(27)29-23/h5-8,11,14,16,26H,9-10H2,1-4H3/t14-,16?,22+,23+/m0/s1. The first kappa shape index (κ1) is 19.4. The Labute approximate surface area is 169 Å². The highest BCUT2D eigenvalue weighted by molar-refractivity contribution is 5.94. The molecule has 29 heavy (non-hydrogen) atoms. The lowest BCUT2D eigenvalue weighted by molar-refractivity contribution is -0.189. The van der Waals surface area contributed by atoms with Crippen molar-refractivity contribution in [2.24, 2.45) is 17.3 Å². The summed E-state index contributed by atoms with van der Waals surface area (Å²) in [4.78, 5) is 36.4. The first-order valence-electron chi connectivity index (χ1n) is 9.75. The van der Waals surface area contributed by atoms with E-state index in [-0.39, 0.29) is 40.1 Å². The van der Waals surface area contributed by atoms with Crippen molar-refractivity contribution in [1.82, 2.24) is 0 Å². The van der Waals surface area contributed by atoms with Gasteiger partial charge in [-0.1, -0.05) is 19.9 Å². The molecule has 1 saturated carbocycles. The van der Waals surface area contributed by atoms with Crippen LogP contribution in [0.25, 0.3) is 0 Å². The second-order valence-corrected chi connectivity index (χ2v) is 8.64. The zero-order valence-corrected chi connectivity index (χ0v) is 16.9. The number of rotatable bonds is 3. The van der Waals surface area contributed by atoms with Gasteiger partial charge >= 0.3 is 5.97 Å². The molecule has 1 heterocycles. The number of carbonyl (C=O) groups excluding carboxylic acids is 3. The van der Waals surface area contributed by atoms with E-state index in [9.17, 15) is 19.5 Å². The minimum atomic E-state index is -1.40. The number of esters is 1. The van der Waals surface area contributed by atoms with Crippen LogP contribution in [0.2, 0.25) is 0 Å². The molecule has 4 rings (SSSR count). The molecule has 0 radical (unpaired) electrons. The molecule has 0 spiro atoms. The van der Waals surface area contributed by atoms with Crippen LogP contribution in [0.4, 0.5) is 0 Å². The molecule has 6 heteroatoms. The number of aryl methyl sites for hydroxylation is 1. The Hall–Kier alpha value is -2.89. The number of aldehydes is 1. The van der Waals surface area contributed by atoms with Crippen molar-refractivity contribution in [2.45, 2.75) is 46.3 Å². The van der Waals surface area contributed by atoms with E-state index in [0.29, 0.717) is 35.8 Å². The summed E-state index contributed by atoms with van der Waals surface area (Å²) in [6.45, 7) is 7.41. The minimum Gasteiger partial charge on any atom is -0.504 e. The third-order valence-corrected chi connectivity index (χ3v) is 6.91. The van der Waals surface area contributed by atoms with Crippen LogP contribution in [-0.2, 0) is 14.3 Å². The Morgan fingerprint density at radius 2 is 2.00 bits per heavy atom. The normalized spacial score (nSPS) is 33.2. The summed E-state index contributed by atoms with van der Waals surface area (Å²) in [5.74, 6) is -2.27. The van der Waals surface area contributed by atoms with E-state index in [1.54, 1.807) is 26.0 Å². The molecule has 6 nitrogen and oxygen atoms in total. The van der Waals surface area contributed by atoms with Gasteiger partial charge in [0.1, 0.15) is 0 Å². The van der Waals surface area contributed by atoms with Crippen LogP contribution >= 0.6 is 0 Å². The molecule has 4 atom stereocenters. The van der Waals surface area contributed by atoms with E-state index in [1.807, 2.05) is 13.0 Å². The van der Waals surface area contributed by atoms with Crippen LogP contribution in [0.5, 0.6) is 11.5 Å². The highest BCUT2D eigenvalue weighted by atomic mass is 16.7. The van der Waals surface area contributed by atoms with Gasteiger partial charge in [-0.2, -0.15) is 0 Å². The molecule has 0 aromatic heterocycles. The highest BCUT2D eigenvalue weighted by Gasteiger charge is 2.60. The van der Waals surface area contributed by atoms with E-state index in [1.165, 1.54) is 6.07 Å². The van der Waals surface area contributed by atoms with Crippen molar-refractivity contribution in [3.05, 3.63) is 46.6 Å². The second kappa shape index (κ2) is 6.31. The average molecular weight is 396 g/mol. The average Bonchev–Trinajstić information content (AvgIpc) is 2.90. The summed E-state index contributed by atoms with van der Waals surface area (Å²) in [5, 5.41) is 10.4. The lowest BCUT2D eigenvalue weighted by Crippen LogP contribution is -2.53. The largest absolute Gasteiger partial charge is 0.504 e. The highest BCUT2D eigenvalue weighted by Crippen LogP contribution is 2.58. The van der Waals surface area contributed by atoms with Crippen LogP contribution < -0.4 is 4.74 Å². The molecule has 0 saturated heterocycles. The molecule has 1 aliphatic heterocycles. The minimum absolute atomic E-state index is 0.00174. The topological polar surface area (TPSA) is 89.9 Å². The van der Waals surface area contributed by atoms with Crippen molar-refractivity contribution in [3.8, 4) is 11.5 Å². The predicted octanol–water partition coefficient (Wildman–Crippen LogP) is 3.65. The maximum Gasteiger partial charge on any atom is 0.337 e. The Bertz CT molecular complexity index is 1000. The summed E-state index contributed by atoms with van der Waals surface area (Å²) in [5.41, 5.74) is 1.66. The lowest BCUT2D eigenvalue weighted by atomic mass is 9.55. The van der Waals surface area contributed by atoms with Gasteiger partial charge in [-0.05, 0) is 55.4 Å². The molecular formula is C23H24O6. The van der Waals surface area contributed by atoms with Gasteiger partial charge in [-0.3, -0.25) is 9.59 Å². The summed E-state index contributed by atoms with van der Waals surface area (Å²) >= 11 is 0. The number of aromatic hydroxyl groups is 1. The quantitative estimate of drug-likeness (QED) is 0.620. The summed E-state index contributed by atoms with van der Waals surface area (Å²) < 4.78 is 11.9. The number of ketones is 1. The van der Waals surface area contributed by atoms with E-state index in [0.717, 1.165) is 0 Å². The Balaban J connectivity index is 1.83. The van der Waals surface area contributed by atoms with Crippen molar-refractivity contribution < 1.29 is 29.0 Å². The number of hydrogen-bond acceptors (Lipinski definition) is 6. The summed E-state index contributed by atoms with van der Waals surface area (Å²) in [6, 6.07) is 3.11. The smallest absolute Gasteiger partial charge is 0.337 e. The van der Waals surface area contributed by atoms with Gasteiger partial charge in [0.25, 0.3) is 5.79 Å². The lowest BCUT2D eigenvalue weighted by Gasteiger charge is -2.51. The number of phenolic OH excluding ortho intramolecular Hbond substituents is 1. The van der Waals surface area contributed by atoms with Crippen molar-refractivity contribution in [1.29, 1.82) is 0 Å². The van der Waals surface area contributed by atoms with Crippen LogP contribution in [0, 0.1) is 24.2 Å². The van der Waals surface area contributed by atoms with Gasteiger partial charge in [0.15, 0.2) is 23.6 Å². The van der Waals surface area contributed by atoms with E-state index >= 15 is 0 Å². The first-order chi connectivity index (χ1) is 13.6. The molecular weight excluding hydrogens is 372 g/mol. The van der Waals surface area contributed by atoms with Crippen LogP contribution in [0.15, 0.2) is 35.4 Å². The fraction of sp³-hybridized carbons (Fsp3) is 0.435. The Morgan fingerprint density at radius 3 is 2.69 bits per heavy atom. The number of fused-ring (bicyclic) bond motifs is 2. The SMILES string of the molecule is CC1=C2C[C@@]3(C)C(C=CC(=O)[C@@H]3C)C[C@@]2(Oc2c(O)cc(C)cc2C=O)OC1=O. The zero-order chi connectivity index (χ0) is 21.1. The molecule has 1 unspecified atom stereocenters. The Kier molecular flexibility index (Phi) is 4.22. The molecule has 152 valence electrons. The van der Waals surface area contributed by atoms with E-state index in [4.69, 9.17) is 9.47 Å². The second-order valence-electron chi connectivity index (χ2n) is 8.64. The van der Waals surface area contributed by atoms with Gasteiger partial charge in [0.05, 0.1) is 5.56 Å². The zero-order valence-electron chi connectivity index (χ0n) is 16.9. The van der Waals surface area contributed by atoms with Crippen molar-refractivity contribution in [3.63, 3.8) is 0 Å². The van der Waals surface area contributed by atoms with Gasteiger partial charge < -0.3 is 14.6 Å². The number of carbonyl (C=O) groups is 3. The van der Waals surface area contributed by atoms with Gasteiger partial charge in [0.2, 0.25) is 0 Å². The van der Waals surface area contributed by atoms with Crippen LogP contribution in [-0.4, -0.2) is 28.9 Å². The first-order valence-corrected chi connectivity index (χ1v) is 9.75. The molecule has 1 aromatic carbocycles. The molecule has 1 fully saturated rings. The van der Waals surface area contributed by atoms with Gasteiger partial charge in [0, 0.05) is 23.5 Å². The monoisotopic (exact) mass is 396 g/mol. The molecule has 3 aliphatic rings. The van der Waals surface area contributed by atoms with Crippen LogP contribution in [0.1, 0.15) is 49.5 Å². The molecule has 0 bridgehead atoms. The van der Waals surface area contributed by atoms with Crippen LogP contribution in [0.3, 0.4) is 0 Å². The Morgan fingerprint density at radius 1 is 1.28 bits per heavy atom. The summed E-state index contributed by atoms with van der Waals surface area (Å²) in [7, 11) is 0. The third kappa shape index (κ3) is 2.73. The third-order valence-electron chi connectivity index (χ3n) is 6.91. The van der Waals surface area contributed by atoms with E-state index in [2.05, 4.69) is 6.92 Å². The number of allylic oxidation sites excluding steroid dienone is 2. The number of phenols is 1. The fourth-order valence-electron chi connectivity index (χ4n) is 4.88. The molecule has 1 aromatic rings. The summed E-state index contributed by atoms with van der Waals surface area (Å²) in [6.07, 6.45) is 4.82. The fourth-order valence-corrected chi connectivity index (χ4v) is 4.88. The maximum atomic E-state index is 12.5.